The van der Waals surface area contributed by atoms with Gasteiger partial charge in [0, 0.05) is 12.8 Å². The van der Waals surface area contributed by atoms with Gasteiger partial charge in [-0.05, 0) is 6.42 Å². The number of hydrogen-bond acceptors (Lipinski definition) is 4. The quantitative estimate of drug-likeness (QED) is 0.759. The molecule has 72 valence electrons. The van der Waals surface area contributed by atoms with Crippen LogP contribution in [0.1, 0.15) is 38.3 Å². The Labute approximate surface area is 78.6 Å². The maximum atomic E-state index is 5.54. The van der Waals surface area contributed by atoms with Crippen molar-refractivity contribution < 1.29 is 0 Å². The molecule has 1 heterocycles. The molecule has 0 aliphatic rings. The van der Waals surface area contributed by atoms with Crippen molar-refractivity contribution in [3.63, 3.8) is 0 Å². The van der Waals surface area contributed by atoms with Crippen molar-refractivity contribution in [2.75, 3.05) is 5.73 Å². The molecule has 1 aromatic heterocycles. The molecule has 0 amide bonds. The average Bonchev–Trinajstić information content (AvgIpc) is 2.14. The van der Waals surface area contributed by atoms with E-state index in [-0.39, 0.29) is 0 Å². The molecule has 0 unspecified atom stereocenters. The van der Waals surface area contributed by atoms with Crippen LogP contribution in [-0.2, 0) is 12.8 Å². The summed E-state index contributed by atoms with van der Waals surface area (Å²) in [7, 11) is 0. The van der Waals surface area contributed by atoms with Gasteiger partial charge in [0.1, 0.15) is 11.6 Å². The summed E-state index contributed by atoms with van der Waals surface area (Å²) in [6, 6.07) is 0. The predicted octanol–water partition coefficient (Wildman–Crippen LogP) is 1.36. The predicted molar refractivity (Wildman–Crippen MR) is 52.2 cm³/mol. The number of nitrogens with zero attached hydrogens (tertiary/aromatic N) is 3. The van der Waals surface area contributed by atoms with Gasteiger partial charge in [0.15, 0.2) is 0 Å². The van der Waals surface area contributed by atoms with Gasteiger partial charge in [-0.25, -0.2) is 4.98 Å². The molecule has 4 heteroatoms. The Morgan fingerprint density at radius 3 is 2.38 bits per heavy atom. The SMILES string of the molecule is CCCCc1nc(N)nc(CC)n1. The summed E-state index contributed by atoms with van der Waals surface area (Å²) in [5, 5.41) is 0. The summed E-state index contributed by atoms with van der Waals surface area (Å²) in [5.41, 5.74) is 5.54. The van der Waals surface area contributed by atoms with E-state index in [1.165, 1.54) is 0 Å². The minimum atomic E-state index is 0.345. The molecule has 0 aliphatic carbocycles. The molecule has 2 N–H and O–H groups in total. The van der Waals surface area contributed by atoms with E-state index >= 15 is 0 Å². The van der Waals surface area contributed by atoms with Crippen molar-refractivity contribution in [2.24, 2.45) is 0 Å². The van der Waals surface area contributed by atoms with E-state index in [0.717, 1.165) is 37.3 Å². The van der Waals surface area contributed by atoms with Crippen LogP contribution in [0.3, 0.4) is 0 Å². The molecule has 0 atom stereocenters. The van der Waals surface area contributed by atoms with Crippen LogP contribution in [0, 0.1) is 0 Å². The van der Waals surface area contributed by atoms with Gasteiger partial charge in [-0.15, -0.1) is 0 Å². The number of nitrogen functional groups attached to an aromatic ring is 1. The Balaban J connectivity index is 2.76. The van der Waals surface area contributed by atoms with E-state index in [2.05, 4.69) is 21.9 Å². The van der Waals surface area contributed by atoms with Crippen LogP contribution in [0.4, 0.5) is 5.95 Å². The Hall–Kier alpha value is -1.19. The molecule has 0 saturated carbocycles. The molecule has 1 aromatic rings. The van der Waals surface area contributed by atoms with Crippen LogP contribution in [0.25, 0.3) is 0 Å². The van der Waals surface area contributed by atoms with Crippen molar-refractivity contribution in [2.45, 2.75) is 39.5 Å². The number of unbranched alkanes of at least 4 members (excludes halogenated alkanes) is 1. The second kappa shape index (κ2) is 4.74. The van der Waals surface area contributed by atoms with Crippen LogP contribution in [0.5, 0.6) is 0 Å². The highest BCUT2D eigenvalue weighted by atomic mass is 15.1. The molecule has 13 heavy (non-hydrogen) atoms. The number of hydrogen-bond donors (Lipinski definition) is 1. The van der Waals surface area contributed by atoms with Gasteiger partial charge >= 0.3 is 0 Å². The zero-order valence-electron chi connectivity index (χ0n) is 8.25. The number of rotatable bonds is 4. The summed E-state index contributed by atoms with van der Waals surface area (Å²) in [5.74, 6) is 1.96. The largest absolute Gasteiger partial charge is 0.368 e. The first-order valence-corrected chi connectivity index (χ1v) is 4.75. The van der Waals surface area contributed by atoms with Gasteiger partial charge in [-0.1, -0.05) is 20.3 Å². The Bertz CT molecular complexity index is 272. The van der Waals surface area contributed by atoms with Gasteiger partial charge in [0.25, 0.3) is 0 Å². The third-order valence-electron chi connectivity index (χ3n) is 1.82. The van der Waals surface area contributed by atoms with Gasteiger partial charge in [-0.2, -0.15) is 9.97 Å². The summed E-state index contributed by atoms with van der Waals surface area (Å²) in [6.07, 6.45) is 3.96. The first-order valence-electron chi connectivity index (χ1n) is 4.75. The number of nitrogens with two attached hydrogens (primary N) is 1. The fourth-order valence-electron chi connectivity index (χ4n) is 1.09. The van der Waals surface area contributed by atoms with Gasteiger partial charge in [-0.3, -0.25) is 0 Å². The Kier molecular flexibility index (Phi) is 3.61. The zero-order valence-corrected chi connectivity index (χ0v) is 8.25. The monoisotopic (exact) mass is 180 g/mol. The topological polar surface area (TPSA) is 64.7 Å². The van der Waals surface area contributed by atoms with Crippen LogP contribution >= 0.6 is 0 Å². The fraction of sp³-hybridized carbons (Fsp3) is 0.667. The van der Waals surface area contributed by atoms with E-state index in [9.17, 15) is 0 Å². The Morgan fingerprint density at radius 2 is 1.77 bits per heavy atom. The van der Waals surface area contributed by atoms with Crippen molar-refractivity contribution in [1.82, 2.24) is 15.0 Å². The molecule has 0 spiro atoms. The van der Waals surface area contributed by atoms with E-state index in [1.54, 1.807) is 0 Å². The third kappa shape index (κ3) is 2.97. The van der Waals surface area contributed by atoms with Crippen molar-refractivity contribution in [1.29, 1.82) is 0 Å². The van der Waals surface area contributed by atoms with Gasteiger partial charge in [0.05, 0.1) is 0 Å². The first-order chi connectivity index (χ1) is 6.26. The van der Waals surface area contributed by atoms with Gasteiger partial charge in [0.2, 0.25) is 5.95 Å². The Morgan fingerprint density at radius 1 is 1.08 bits per heavy atom. The molecule has 1 rings (SSSR count). The highest BCUT2D eigenvalue weighted by Crippen LogP contribution is 2.02. The molecule has 4 nitrogen and oxygen atoms in total. The highest BCUT2D eigenvalue weighted by Gasteiger charge is 2.01. The van der Waals surface area contributed by atoms with E-state index < -0.39 is 0 Å². The summed E-state index contributed by atoms with van der Waals surface area (Å²) in [6.45, 7) is 4.16. The smallest absolute Gasteiger partial charge is 0.223 e. The maximum Gasteiger partial charge on any atom is 0.223 e. The summed E-state index contributed by atoms with van der Waals surface area (Å²) in [4.78, 5) is 12.4. The highest BCUT2D eigenvalue weighted by molar-refractivity contribution is 5.15. The normalized spacial score (nSPS) is 10.3. The van der Waals surface area contributed by atoms with Crippen molar-refractivity contribution >= 4 is 5.95 Å². The first kappa shape index (κ1) is 9.89. The molecule has 0 aliphatic heterocycles. The molecular formula is C9H16N4. The molecular weight excluding hydrogens is 164 g/mol. The molecule has 0 bridgehead atoms. The lowest BCUT2D eigenvalue weighted by Gasteiger charge is -2.01. The molecule has 0 radical (unpaired) electrons. The minimum Gasteiger partial charge on any atom is -0.368 e. The van der Waals surface area contributed by atoms with E-state index in [0.29, 0.717) is 5.95 Å². The van der Waals surface area contributed by atoms with Crippen LogP contribution in [0.2, 0.25) is 0 Å². The molecule has 0 aromatic carbocycles. The zero-order chi connectivity index (χ0) is 9.68. The van der Waals surface area contributed by atoms with Gasteiger partial charge < -0.3 is 5.73 Å². The second-order valence-electron chi connectivity index (χ2n) is 2.98. The lowest BCUT2D eigenvalue weighted by molar-refractivity contribution is 0.732. The van der Waals surface area contributed by atoms with Crippen LogP contribution < -0.4 is 5.73 Å². The molecule has 0 fully saturated rings. The van der Waals surface area contributed by atoms with Crippen LogP contribution in [-0.4, -0.2) is 15.0 Å². The fourth-order valence-corrected chi connectivity index (χ4v) is 1.09. The van der Waals surface area contributed by atoms with Crippen LogP contribution in [0.15, 0.2) is 0 Å². The molecule has 0 saturated heterocycles. The minimum absolute atomic E-state index is 0.345. The third-order valence-corrected chi connectivity index (χ3v) is 1.82. The van der Waals surface area contributed by atoms with Crippen molar-refractivity contribution in [3.8, 4) is 0 Å². The lowest BCUT2D eigenvalue weighted by atomic mass is 10.2. The number of aromatic nitrogens is 3. The van der Waals surface area contributed by atoms with E-state index in [4.69, 9.17) is 5.73 Å². The second-order valence-corrected chi connectivity index (χ2v) is 2.98. The summed E-state index contributed by atoms with van der Waals surface area (Å²) < 4.78 is 0. The number of anilines is 1. The standard InChI is InChI=1S/C9H16N4/c1-3-5-6-8-11-7(4-2)12-9(10)13-8/h3-6H2,1-2H3,(H2,10,11,12,13). The maximum absolute atomic E-state index is 5.54. The summed E-state index contributed by atoms with van der Waals surface area (Å²) >= 11 is 0. The van der Waals surface area contributed by atoms with Crippen molar-refractivity contribution in [3.05, 3.63) is 11.6 Å². The lowest BCUT2D eigenvalue weighted by Crippen LogP contribution is -2.06. The average molecular weight is 180 g/mol. The van der Waals surface area contributed by atoms with E-state index in [1.807, 2.05) is 6.92 Å². The number of aryl methyl sites for hydroxylation is 2.